The van der Waals surface area contributed by atoms with E-state index in [0.29, 0.717) is 0 Å². The lowest BCUT2D eigenvalue weighted by Crippen LogP contribution is -2.28. The van der Waals surface area contributed by atoms with Gasteiger partial charge in [-0.15, -0.1) is 0 Å². The van der Waals surface area contributed by atoms with Crippen LogP contribution in [0.25, 0.3) is 0 Å². The molecule has 1 aromatic carbocycles. The third-order valence-corrected chi connectivity index (χ3v) is 4.00. The van der Waals surface area contributed by atoms with Crippen molar-refractivity contribution in [1.29, 1.82) is 0 Å². The zero-order valence-electron chi connectivity index (χ0n) is 10.8. The molecule has 0 saturated heterocycles. The van der Waals surface area contributed by atoms with Crippen LogP contribution in [0.4, 0.5) is 0 Å². The van der Waals surface area contributed by atoms with Gasteiger partial charge in [0.15, 0.2) is 0 Å². The molecule has 96 valence electrons. The smallest absolute Gasteiger partial charge is 0.0460 e. The topological polar surface area (TPSA) is 38.0 Å². The van der Waals surface area contributed by atoms with E-state index in [4.69, 9.17) is 5.84 Å². The zero-order valence-corrected chi connectivity index (χ0v) is 12.4. The van der Waals surface area contributed by atoms with Gasteiger partial charge in [-0.25, -0.2) is 0 Å². The van der Waals surface area contributed by atoms with E-state index in [-0.39, 0.29) is 6.04 Å². The van der Waals surface area contributed by atoms with Crippen molar-refractivity contribution in [2.45, 2.75) is 52.0 Å². The van der Waals surface area contributed by atoms with Gasteiger partial charge < -0.3 is 0 Å². The van der Waals surface area contributed by atoms with Crippen LogP contribution in [0.15, 0.2) is 22.7 Å². The highest BCUT2D eigenvalue weighted by Crippen LogP contribution is 2.24. The average molecular weight is 299 g/mol. The fraction of sp³-hybridized carbons (Fsp3) is 0.571. The van der Waals surface area contributed by atoms with E-state index in [1.807, 2.05) is 0 Å². The summed E-state index contributed by atoms with van der Waals surface area (Å²) in [6.45, 7) is 4.33. The van der Waals surface area contributed by atoms with Crippen LogP contribution in [-0.2, 0) is 0 Å². The second-order valence-electron chi connectivity index (χ2n) is 4.58. The zero-order chi connectivity index (χ0) is 12.7. The third-order valence-electron chi connectivity index (χ3n) is 3.15. The fourth-order valence-corrected chi connectivity index (χ4v) is 2.34. The van der Waals surface area contributed by atoms with Gasteiger partial charge in [0.25, 0.3) is 0 Å². The Hall–Kier alpha value is -0.380. The van der Waals surface area contributed by atoms with Crippen LogP contribution >= 0.6 is 15.9 Å². The third kappa shape index (κ3) is 4.78. The normalized spacial score (nSPS) is 12.7. The molecule has 1 aromatic rings. The largest absolute Gasteiger partial charge is 0.271 e. The number of aryl methyl sites for hydroxylation is 1. The molecule has 0 bridgehead atoms. The van der Waals surface area contributed by atoms with Crippen molar-refractivity contribution in [1.82, 2.24) is 5.43 Å². The van der Waals surface area contributed by atoms with Crippen LogP contribution in [0.5, 0.6) is 0 Å². The lowest BCUT2D eigenvalue weighted by Gasteiger charge is -2.17. The van der Waals surface area contributed by atoms with Crippen LogP contribution in [0, 0.1) is 6.92 Å². The number of hydrogen-bond acceptors (Lipinski definition) is 2. The van der Waals surface area contributed by atoms with E-state index in [1.54, 1.807) is 0 Å². The SMILES string of the molecule is CCCCCCC(NN)c1ccc(C)c(Br)c1. The first-order chi connectivity index (χ1) is 8.19. The minimum Gasteiger partial charge on any atom is -0.271 e. The Morgan fingerprint density at radius 3 is 2.65 bits per heavy atom. The molecule has 3 heteroatoms. The summed E-state index contributed by atoms with van der Waals surface area (Å²) in [5.74, 6) is 5.64. The molecule has 0 amide bonds. The Balaban J connectivity index is 2.56. The monoisotopic (exact) mass is 298 g/mol. The first-order valence-corrected chi connectivity index (χ1v) is 7.20. The number of unbranched alkanes of at least 4 members (excludes halogenated alkanes) is 3. The molecule has 0 aromatic heterocycles. The molecule has 0 radical (unpaired) electrons. The van der Waals surface area contributed by atoms with Crippen LogP contribution in [0.2, 0.25) is 0 Å². The van der Waals surface area contributed by atoms with Crippen LogP contribution in [-0.4, -0.2) is 0 Å². The number of hydrazine groups is 1. The van der Waals surface area contributed by atoms with Gasteiger partial charge in [-0.3, -0.25) is 11.3 Å². The molecule has 17 heavy (non-hydrogen) atoms. The molecular weight excluding hydrogens is 276 g/mol. The highest BCUT2D eigenvalue weighted by Gasteiger charge is 2.10. The summed E-state index contributed by atoms with van der Waals surface area (Å²) in [4.78, 5) is 0. The molecule has 0 spiro atoms. The van der Waals surface area contributed by atoms with Gasteiger partial charge >= 0.3 is 0 Å². The fourth-order valence-electron chi connectivity index (χ4n) is 1.95. The summed E-state index contributed by atoms with van der Waals surface area (Å²) >= 11 is 3.57. The van der Waals surface area contributed by atoms with E-state index < -0.39 is 0 Å². The quantitative estimate of drug-likeness (QED) is 0.449. The molecule has 1 atom stereocenters. The maximum atomic E-state index is 5.64. The highest BCUT2D eigenvalue weighted by atomic mass is 79.9. The van der Waals surface area contributed by atoms with Gasteiger partial charge in [0.2, 0.25) is 0 Å². The van der Waals surface area contributed by atoms with Gasteiger partial charge in [0.05, 0.1) is 0 Å². The molecule has 0 fully saturated rings. The van der Waals surface area contributed by atoms with Crippen molar-refractivity contribution in [3.63, 3.8) is 0 Å². The van der Waals surface area contributed by atoms with Gasteiger partial charge in [-0.1, -0.05) is 60.7 Å². The number of nitrogens with one attached hydrogen (secondary N) is 1. The lowest BCUT2D eigenvalue weighted by molar-refractivity contribution is 0.482. The van der Waals surface area contributed by atoms with Crippen molar-refractivity contribution in [3.8, 4) is 0 Å². The summed E-state index contributed by atoms with van der Waals surface area (Å²) in [7, 11) is 0. The first-order valence-electron chi connectivity index (χ1n) is 6.41. The van der Waals surface area contributed by atoms with Crippen molar-refractivity contribution in [3.05, 3.63) is 33.8 Å². The Kier molecular flexibility index (Phi) is 6.78. The molecular formula is C14H23BrN2. The van der Waals surface area contributed by atoms with Crippen LogP contribution in [0.1, 0.15) is 56.2 Å². The second kappa shape index (κ2) is 7.85. The maximum Gasteiger partial charge on any atom is 0.0460 e. The Morgan fingerprint density at radius 1 is 1.29 bits per heavy atom. The Labute approximate surface area is 113 Å². The van der Waals surface area contributed by atoms with Crippen molar-refractivity contribution in [2.24, 2.45) is 5.84 Å². The van der Waals surface area contributed by atoms with E-state index in [2.05, 4.69) is 53.4 Å². The number of nitrogens with two attached hydrogens (primary N) is 1. The van der Waals surface area contributed by atoms with Gasteiger partial charge in [-0.2, -0.15) is 0 Å². The molecule has 2 nitrogen and oxygen atoms in total. The maximum absolute atomic E-state index is 5.64. The van der Waals surface area contributed by atoms with Crippen molar-refractivity contribution < 1.29 is 0 Å². The highest BCUT2D eigenvalue weighted by molar-refractivity contribution is 9.10. The van der Waals surface area contributed by atoms with E-state index in [9.17, 15) is 0 Å². The van der Waals surface area contributed by atoms with Crippen LogP contribution in [0.3, 0.4) is 0 Å². The number of halogens is 1. The molecule has 0 aliphatic rings. The Bertz CT molecular complexity index is 339. The molecule has 0 aliphatic carbocycles. The number of rotatable bonds is 7. The van der Waals surface area contributed by atoms with E-state index >= 15 is 0 Å². The number of hydrogen-bond donors (Lipinski definition) is 2. The predicted octanol–water partition coefficient (Wildman–Crippen LogP) is 4.23. The predicted molar refractivity (Wildman–Crippen MR) is 77.7 cm³/mol. The number of benzene rings is 1. The minimum atomic E-state index is 0.267. The summed E-state index contributed by atoms with van der Waals surface area (Å²) in [5.41, 5.74) is 5.45. The van der Waals surface area contributed by atoms with E-state index in [1.165, 1.54) is 36.8 Å². The van der Waals surface area contributed by atoms with Gasteiger partial charge in [-0.05, 0) is 30.5 Å². The molecule has 0 saturated carbocycles. The molecule has 0 heterocycles. The molecule has 0 aliphatic heterocycles. The molecule has 3 N–H and O–H groups in total. The average Bonchev–Trinajstić information content (AvgIpc) is 2.33. The van der Waals surface area contributed by atoms with Gasteiger partial charge in [0, 0.05) is 10.5 Å². The summed E-state index contributed by atoms with van der Waals surface area (Å²) in [6, 6.07) is 6.73. The molecule has 1 rings (SSSR count). The molecule has 1 unspecified atom stereocenters. The van der Waals surface area contributed by atoms with Crippen molar-refractivity contribution >= 4 is 15.9 Å². The van der Waals surface area contributed by atoms with Gasteiger partial charge in [0.1, 0.15) is 0 Å². The lowest BCUT2D eigenvalue weighted by atomic mass is 10.00. The second-order valence-corrected chi connectivity index (χ2v) is 5.43. The van der Waals surface area contributed by atoms with Crippen molar-refractivity contribution in [2.75, 3.05) is 0 Å². The van der Waals surface area contributed by atoms with E-state index in [0.717, 1.165) is 10.9 Å². The van der Waals surface area contributed by atoms with Crippen LogP contribution < -0.4 is 11.3 Å². The first kappa shape index (κ1) is 14.7. The summed E-state index contributed by atoms with van der Waals surface area (Å²) in [5, 5.41) is 0. The standard InChI is InChI=1S/C14H23BrN2/c1-3-4-5-6-7-14(17-16)12-9-8-11(2)13(15)10-12/h8-10,14,17H,3-7,16H2,1-2H3. The Morgan fingerprint density at radius 2 is 2.06 bits per heavy atom. The minimum absolute atomic E-state index is 0.267. The summed E-state index contributed by atoms with van der Waals surface area (Å²) in [6.07, 6.45) is 6.22. The summed E-state index contributed by atoms with van der Waals surface area (Å²) < 4.78 is 1.16.